The number of allylic oxidation sites excluding steroid dienone is 3. The van der Waals surface area contributed by atoms with Gasteiger partial charge in [-0.1, -0.05) is 45.4 Å². The first-order valence-corrected chi connectivity index (χ1v) is 8.50. The number of hydrogen-bond acceptors (Lipinski definition) is 2. The Bertz CT molecular complexity index is 444. The zero-order chi connectivity index (χ0) is 15.6. The Kier molecular flexibility index (Phi) is 4.95. The molecule has 118 valence electrons. The van der Waals surface area contributed by atoms with Crippen LogP contribution in [0.4, 0.5) is 0 Å². The van der Waals surface area contributed by atoms with Crippen molar-refractivity contribution in [3.8, 4) is 0 Å². The van der Waals surface area contributed by atoms with Crippen LogP contribution in [0.25, 0.3) is 0 Å². The summed E-state index contributed by atoms with van der Waals surface area (Å²) in [6.07, 6.45) is 10.9. The van der Waals surface area contributed by atoms with E-state index in [0.717, 1.165) is 25.7 Å². The average Bonchev–Trinajstić information content (AvgIpc) is 2.47. The predicted octanol–water partition coefficient (Wildman–Crippen LogP) is 4.90. The molecule has 0 aromatic carbocycles. The number of carbonyl (C=O) groups is 1. The van der Waals surface area contributed by atoms with E-state index in [4.69, 9.17) is 4.74 Å². The highest BCUT2D eigenvalue weighted by atomic mass is 16.5. The molecule has 4 atom stereocenters. The lowest BCUT2D eigenvalue weighted by molar-refractivity contribution is -0.164. The maximum atomic E-state index is 12.5. The lowest BCUT2D eigenvalue weighted by Crippen LogP contribution is -2.41. The van der Waals surface area contributed by atoms with Gasteiger partial charge in [-0.25, -0.2) is 0 Å². The molecule has 0 aromatic rings. The third-order valence-electron chi connectivity index (χ3n) is 5.51. The van der Waals surface area contributed by atoms with E-state index in [2.05, 4.69) is 32.1 Å². The van der Waals surface area contributed by atoms with Crippen LogP contribution in [0.5, 0.6) is 0 Å². The molecule has 0 aliphatic heterocycles. The van der Waals surface area contributed by atoms with Crippen LogP contribution in [0.1, 0.15) is 60.3 Å². The van der Waals surface area contributed by atoms with Gasteiger partial charge in [-0.15, -0.1) is 0 Å². The molecule has 2 heteroatoms. The zero-order valence-electron chi connectivity index (χ0n) is 14.2. The van der Waals surface area contributed by atoms with E-state index in [0.29, 0.717) is 17.8 Å². The van der Waals surface area contributed by atoms with Crippen LogP contribution >= 0.6 is 0 Å². The summed E-state index contributed by atoms with van der Waals surface area (Å²) in [5.41, 5.74) is 1.01. The van der Waals surface area contributed by atoms with E-state index in [-0.39, 0.29) is 17.5 Å². The van der Waals surface area contributed by atoms with Crippen LogP contribution in [0.3, 0.4) is 0 Å². The summed E-state index contributed by atoms with van der Waals surface area (Å²) in [5, 5.41) is 0. The first-order valence-electron chi connectivity index (χ1n) is 8.50. The van der Waals surface area contributed by atoms with Gasteiger partial charge in [0, 0.05) is 5.92 Å². The van der Waals surface area contributed by atoms with Gasteiger partial charge in [0.25, 0.3) is 0 Å². The molecule has 21 heavy (non-hydrogen) atoms. The number of fused-ring (bicyclic) bond motifs is 1. The topological polar surface area (TPSA) is 26.3 Å². The standard InChI is InChI=1S/C19H30O2/c1-6-15-13(3)11-12-14-9-8-10-16(17(14)15)21-18(20)19(4,5)7-2/h9,11-13,15-17H,6-8,10H2,1-5H3. The Labute approximate surface area is 129 Å². The number of hydrogen-bond donors (Lipinski definition) is 0. The lowest BCUT2D eigenvalue weighted by atomic mass is 9.67. The molecule has 0 fully saturated rings. The number of carbonyl (C=O) groups excluding carboxylic acids is 1. The van der Waals surface area contributed by atoms with Gasteiger partial charge >= 0.3 is 5.97 Å². The highest BCUT2D eigenvalue weighted by molar-refractivity contribution is 5.76. The molecule has 0 heterocycles. The van der Waals surface area contributed by atoms with Gasteiger partial charge in [0.1, 0.15) is 6.10 Å². The summed E-state index contributed by atoms with van der Waals surface area (Å²) in [6.45, 7) is 10.5. The van der Waals surface area contributed by atoms with Gasteiger partial charge in [0.05, 0.1) is 5.41 Å². The fourth-order valence-corrected chi connectivity index (χ4v) is 3.58. The molecule has 4 unspecified atom stereocenters. The van der Waals surface area contributed by atoms with Gasteiger partial charge in [0.15, 0.2) is 0 Å². The Morgan fingerprint density at radius 1 is 1.38 bits per heavy atom. The van der Waals surface area contributed by atoms with Crippen molar-refractivity contribution in [1.82, 2.24) is 0 Å². The maximum absolute atomic E-state index is 12.5. The summed E-state index contributed by atoms with van der Waals surface area (Å²) in [5.74, 6) is 1.51. The molecule has 2 aliphatic carbocycles. The quantitative estimate of drug-likeness (QED) is 0.688. The first-order chi connectivity index (χ1) is 9.90. The SMILES string of the molecule is CCC1C(C)C=CC2=CCCC(OC(=O)C(C)(C)CC)C21. The Morgan fingerprint density at radius 2 is 2.10 bits per heavy atom. The normalized spacial score (nSPS) is 32.3. The van der Waals surface area contributed by atoms with Crippen molar-refractivity contribution >= 4 is 5.97 Å². The summed E-state index contributed by atoms with van der Waals surface area (Å²) in [4.78, 5) is 12.5. The molecule has 0 saturated heterocycles. The van der Waals surface area contributed by atoms with Crippen molar-refractivity contribution in [3.63, 3.8) is 0 Å². The highest BCUT2D eigenvalue weighted by Crippen LogP contribution is 2.43. The van der Waals surface area contributed by atoms with Crippen LogP contribution in [-0.4, -0.2) is 12.1 Å². The van der Waals surface area contributed by atoms with E-state index in [9.17, 15) is 4.79 Å². The minimum absolute atomic E-state index is 0.0340. The van der Waals surface area contributed by atoms with Crippen molar-refractivity contribution in [2.45, 2.75) is 66.4 Å². The van der Waals surface area contributed by atoms with Crippen molar-refractivity contribution < 1.29 is 9.53 Å². The van der Waals surface area contributed by atoms with E-state index >= 15 is 0 Å². The Balaban J connectivity index is 2.19. The second kappa shape index (κ2) is 6.37. The van der Waals surface area contributed by atoms with Gasteiger partial charge in [0.2, 0.25) is 0 Å². The van der Waals surface area contributed by atoms with E-state index < -0.39 is 0 Å². The molecule has 0 radical (unpaired) electrons. The summed E-state index contributed by atoms with van der Waals surface area (Å²) in [7, 11) is 0. The van der Waals surface area contributed by atoms with E-state index in [1.807, 2.05) is 20.8 Å². The molecule has 2 rings (SSSR count). The smallest absolute Gasteiger partial charge is 0.311 e. The lowest BCUT2D eigenvalue weighted by Gasteiger charge is -2.42. The fraction of sp³-hybridized carbons (Fsp3) is 0.737. The summed E-state index contributed by atoms with van der Waals surface area (Å²) >= 11 is 0. The average molecular weight is 290 g/mol. The number of ether oxygens (including phenoxy) is 1. The summed E-state index contributed by atoms with van der Waals surface area (Å²) < 4.78 is 5.98. The van der Waals surface area contributed by atoms with Crippen LogP contribution < -0.4 is 0 Å². The second-order valence-corrected chi connectivity index (χ2v) is 7.28. The third-order valence-corrected chi connectivity index (χ3v) is 5.51. The van der Waals surface area contributed by atoms with Gasteiger partial charge in [-0.3, -0.25) is 4.79 Å². The third kappa shape index (κ3) is 3.25. The molecule has 0 spiro atoms. The van der Waals surface area contributed by atoms with E-state index in [1.54, 1.807) is 0 Å². The highest BCUT2D eigenvalue weighted by Gasteiger charge is 2.40. The van der Waals surface area contributed by atoms with Crippen molar-refractivity contribution in [2.24, 2.45) is 23.2 Å². The van der Waals surface area contributed by atoms with Crippen LogP contribution in [-0.2, 0) is 9.53 Å². The molecular formula is C19H30O2. The molecule has 0 aromatic heterocycles. The largest absolute Gasteiger partial charge is 0.461 e. The summed E-state index contributed by atoms with van der Waals surface area (Å²) in [6, 6.07) is 0. The molecule has 0 bridgehead atoms. The first kappa shape index (κ1) is 16.3. The van der Waals surface area contributed by atoms with Crippen LogP contribution in [0, 0.1) is 23.2 Å². The number of rotatable bonds is 4. The molecule has 0 saturated carbocycles. The van der Waals surface area contributed by atoms with Gasteiger partial charge < -0.3 is 4.74 Å². The van der Waals surface area contributed by atoms with Gasteiger partial charge in [-0.2, -0.15) is 0 Å². The molecule has 0 N–H and O–H groups in total. The molecule has 0 amide bonds. The predicted molar refractivity (Wildman–Crippen MR) is 86.8 cm³/mol. The monoisotopic (exact) mass is 290 g/mol. The molecular weight excluding hydrogens is 260 g/mol. The maximum Gasteiger partial charge on any atom is 0.311 e. The zero-order valence-corrected chi connectivity index (χ0v) is 14.2. The van der Waals surface area contributed by atoms with Crippen molar-refractivity contribution in [2.75, 3.05) is 0 Å². The molecule has 2 aliphatic rings. The van der Waals surface area contributed by atoms with Crippen LogP contribution in [0.2, 0.25) is 0 Å². The minimum Gasteiger partial charge on any atom is -0.461 e. The second-order valence-electron chi connectivity index (χ2n) is 7.28. The number of esters is 1. The Morgan fingerprint density at radius 3 is 2.71 bits per heavy atom. The van der Waals surface area contributed by atoms with Crippen LogP contribution in [0.15, 0.2) is 23.8 Å². The Hall–Kier alpha value is -1.05. The molecule has 2 nitrogen and oxygen atoms in total. The van der Waals surface area contributed by atoms with Gasteiger partial charge in [-0.05, 0) is 50.5 Å². The minimum atomic E-state index is -0.376. The van der Waals surface area contributed by atoms with Crippen molar-refractivity contribution in [3.05, 3.63) is 23.8 Å². The van der Waals surface area contributed by atoms with E-state index in [1.165, 1.54) is 5.57 Å². The van der Waals surface area contributed by atoms with Crippen molar-refractivity contribution in [1.29, 1.82) is 0 Å². The fourth-order valence-electron chi connectivity index (χ4n) is 3.58.